The lowest BCUT2D eigenvalue weighted by Crippen LogP contribution is -2.24. The number of nitrogens with one attached hydrogen (secondary N) is 1. The Balaban J connectivity index is 1.86. The van der Waals surface area contributed by atoms with E-state index in [2.05, 4.69) is 26.1 Å². The van der Waals surface area contributed by atoms with Gasteiger partial charge in [0.25, 0.3) is 5.91 Å². The third-order valence-electron chi connectivity index (χ3n) is 2.37. The Bertz CT molecular complexity index is 607. The van der Waals surface area contributed by atoms with Crippen LogP contribution in [0.1, 0.15) is 5.56 Å². The Labute approximate surface area is 119 Å². The first kappa shape index (κ1) is 14.0. The van der Waals surface area contributed by atoms with Crippen molar-refractivity contribution in [1.29, 1.82) is 0 Å². The summed E-state index contributed by atoms with van der Waals surface area (Å²) in [5.41, 5.74) is 8.71. The van der Waals surface area contributed by atoms with Crippen molar-refractivity contribution in [2.45, 2.75) is 11.4 Å². The van der Waals surface area contributed by atoms with Crippen LogP contribution in [-0.2, 0) is 11.3 Å². The number of anilines is 1. The molecule has 2 rings (SSSR count). The van der Waals surface area contributed by atoms with E-state index in [4.69, 9.17) is 5.73 Å². The SMILES string of the molecule is CSc1ccc(/C=N/NC(=O)Cn2nnnc2N)cc1. The molecule has 1 aromatic carbocycles. The van der Waals surface area contributed by atoms with Gasteiger partial charge in [0.15, 0.2) is 0 Å². The number of carbonyl (C=O) groups is 1. The maximum absolute atomic E-state index is 11.6. The molecule has 104 valence electrons. The van der Waals surface area contributed by atoms with Crippen molar-refractivity contribution in [3.63, 3.8) is 0 Å². The molecule has 0 fully saturated rings. The van der Waals surface area contributed by atoms with Gasteiger partial charge in [-0.1, -0.05) is 17.2 Å². The molecule has 0 aliphatic carbocycles. The smallest absolute Gasteiger partial charge is 0.261 e. The molecule has 1 heterocycles. The summed E-state index contributed by atoms with van der Waals surface area (Å²) in [6.07, 6.45) is 3.57. The van der Waals surface area contributed by atoms with E-state index >= 15 is 0 Å². The summed E-state index contributed by atoms with van der Waals surface area (Å²) >= 11 is 1.66. The largest absolute Gasteiger partial charge is 0.367 e. The number of nitrogen functional groups attached to an aromatic ring is 1. The van der Waals surface area contributed by atoms with Gasteiger partial charge in [-0.15, -0.1) is 11.8 Å². The molecule has 9 heteroatoms. The number of hydrazone groups is 1. The third-order valence-corrected chi connectivity index (χ3v) is 3.12. The quantitative estimate of drug-likeness (QED) is 0.460. The summed E-state index contributed by atoms with van der Waals surface area (Å²) in [5, 5.41) is 14.2. The van der Waals surface area contributed by atoms with E-state index < -0.39 is 0 Å². The van der Waals surface area contributed by atoms with E-state index in [1.807, 2.05) is 30.5 Å². The molecule has 8 nitrogen and oxygen atoms in total. The number of nitrogens with two attached hydrogens (primary N) is 1. The van der Waals surface area contributed by atoms with Gasteiger partial charge in [-0.2, -0.15) is 5.10 Å². The molecule has 2 aromatic rings. The standard InChI is InChI=1S/C11H13N7OS/c1-20-9-4-2-8(3-5-9)6-13-14-10(19)7-18-11(12)15-16-17-18/h2-6H,7H2,1H3,(H,14,19)(H2,12,15,17)/b13-6+. The highest BCUT2D eigenvalue weighted by Crippen LogP contribution is 2.13. The van der Waals surface area contributed by atoms with Crippen LogP contribution >= 0.6 is 11.8 Å². The number of hydrogen-bond acceptors (Lipinski definition) is 7. The highest BCUT2D eigenvalue weighted by molar-refractivity contribution is 7.98. The summed E-state index contributed by atoms with van der Waals surface area (Å²) in [6, 6.07) is 7.80. The first-order valence-corrected chi connectivity index (χ1v) is 6.89. The van der Waals surface area contributed by atoms with Crippen LogP contribution in [0.15, 0.2) is 34.3 Å². The summed E-state index contributed by atoms with van der Waals surface area (Å²) < 4.78 is 1.18. The first-order valence-electron chi connectivity index (χ1n) is 5.66. The molecular weight excluding hydrogens is 278 g/mol. The Morgan fingerprint density at radius 3 is 2.85 bits per heavy atom. The Morgan fingerprint density at radius 2 is 2.25 bits per heavy atom. The van der Waals surface area contributed by atoms with Crippen LogP contribution in [0.5, 0.6) is 0 Å². The maximum Gasteiger partial charge on any atom is 0.261 e. The van der Waals surface area contributed by atoms with E-state index in [1.54, 1.807) is 18.0 Å². The van der Waals surface area contributed by atoms with Crippen LogP contribution < -0.4 is 11.2 Å². The zero-order valence-electron chi connectivity index (χ0n) is 10.7. The van der Waals surface area contributed by atoms with Crippen LogP contribution in [0, 0.1) is 0 Å². The van der Waals surface area contributed by atoms with Crippen molar-refractivity contribution in [3.8, 4) is 0 Å². The number of rotatable bonds is 5. The lowest BCUT2D eigenvalue weighted by molar-refractivity contribution is -0.121. The number of amides is 1. The van der Waals surface area contributed by atoms with Crippen molar-refractivity contribution < 1.29 is 4.79 Å². The predicted molar refractivity (Wildman–Crippen MR) is 76.2 cm³/mol. The Morgan fingerprint density at radius 1 is 1.50 bits per heavy atom. The fourth-order valence-corrected chi connectivity index (χ4v) is 1.77. The highest BCUT2D eigenvalue weighted by atomic mass is 32.2. The fourth-order valence-electron chi connectivity index (χ4n) is 1.36. The molecule has 0 saturated heterocycles. The number of aromatic nitrogens is 4. The molecular formula is C11H13N7OS. The van der Waals surface area contributed by atoms with Gasteiger partial charge in [0.1, 0.15) is 6.54 Å². The lowest BCUT2D eigenvalue weighted by Gasteiger charge is -2.00. The summed E-state index contributed by atoms with van der Waals surface area (Å²) in [6.45, 7) is -0.0818. The molecule has 0 saturated carbocycles. The molecule has 1 amide bonds. The van der Waals surface area contributed by atoms with Gasteiger partial charge >= 0.3 is 0 Å². The van der Waals surface area contributed by atoms with Gasteiger partial charge in [-0.25, -0.2) is 10.1 Å². The molecule has 20 heavy (non-hydrogen) atoms. The molecule has 0 aliphatic rings. The van der Waals surface area contributed by atoms with E-state index in [9.17, 15) is 4.79 Å². The second kappa shape index (κ2) is 6.66. The predicted octanol–water partition coefficient (Wildman–Crippen LogP) is 0.127. The molecule has 0 atom stereocenters. The Kier molecular flexibility index (Phi) is 4.66. The third kappa shape index (κ3) is 3.79. The van der Waals surface area contributed by atoms with Crippen LogP contribution in [0.2, 0.25) is 0 Å². The number of nitrogens with zero attached hydrogens (tertiary/aromatic N) is 5. The topological polar surface area (TPSA) is 111 Å². The molecule has 0 radical (unpaired) electrons. The van der Waals surface area contributed by atoms with Crippen LogP contribution in [-0.4, -0.2) is 38.6 Å². The van der Waals surface area contributed by atoms with Gasteiger partial charge in [0.2, 0.25) is 5.95 Å². The summed E-state index contributed by atoms with van der Waals surface area (Å²) in [4.78, 5) is 12.7. The highest BCUT2D eigenvalue weighted by Gasteiger charge is 2.06. The zero-order chi connectivity index (χ0) is 14.4. The van der Waals surface area contributed by atoms with Crippen molar-refractivity contribution in [3.05, 3.63) is 29.8 Å². The van der Waals surface area contributed by atoms with Crippen LogP contribution in [0.3, 0.4) is 0 Å². The van der Waals surface area contributed by atoms with E-state index in [-0.39, 0.29) is 18.4 Å². The molecule has 0 aliphatic heterocycles. The van der Waals surface area contributed by atoms with E-state index in [0.717, 1.165) is 5.56 Å². The van der Waals surface area contributed by atoms with Crippen LogP contribution in [0.25, 0.3) is 0 Å². The number of tetrazole rings is 1. The van der Waals surface area contributed by atoms with Crippen molar-refractivity contribution >= 4 is 29.8 Å². The zero-order valence-corrected chi connectivity index (χ0v) is 11.5. The van der Waals surface area contributed by atoms with Gasteiger partial charge < -0.3 is 5.73 Å². The van der Waals surface area contributed by atoms with E-state index in [1.165, 1.54) is 9.58 Å². The van der Waals surface area contributed by atoms with Gasteiger partial charge in [0, 0.05) is 4.90 Å². The fraction of sp³-hybridized carbons (Fsp3) is 0.182. The molecule has 3 N–H and O–H groups in total. The minimum atomic E-state index is -0.360. The minimum absolute atomic E-state index is 0.0804. The van der Waals surface area contributed by atoms with Crippen molar-refractivity contribution in [2.24, 2.45) is 5.10 Å². The summed E-state index contributed by atoms with van der Waals surface area (Å²) in [7, 11) is 0. The van der Waals surface area contributed by atoms with Crippen molar-refractivity contribution in [2.75, 3.05) is 12.0 Å². The second-order valence-electron chi connectivity index (χ2n) is 3.76. The number of benzene rings is 1. The van der Waals surface area contributed by atoms with Crippen molar-refractivity contribution in [1.82, 2.24) is 25.6 Å². The molecule has 1 aromatic heterocycles. The van der Waals surface area contributed by atoms with Crippen LogP contribution in [0.4, 0.5) is 5.95 Å². The first-order chi connectivity index (χ1) is 9.69. The number of carbonyl (C=O) groups excluding carboxylic acids is 1. The Hall–Kier alpha value is -2.42. The minimum Gasteiger partial charge on any atom is -0.367 e. The number of thioether (sulfide) groups is 1. The molecule has 0 unspecified atom stereocenters. The molecule has 0 spiro atoms. The number of hydrogen-bond donors (Lipinski definition) is 2. The van der Waals surface area contributed by atoms with Gasteiger partial charge in [0.05, 0.1) is 6.21 Å². The molecule has 0 bridgehead atoms. The summed E-state index contributed by atoms with van der Waals surface area (Å²) in [5.74, 6) is -0.280. The normalized spacial score (nSPS) is 10.8. The van der Waals surface area contributed by atoms with Gasteiger partial charge in [-0.3, -0.25) is 4.79 Å². The maximum atomic E-state index is 11.6. The van der Waals surface area contributed by atoms with E-state index in [0.29, 0.717) is 0 Å². The average molecular weight is 291 g/mol. The monoisotopic (exact) mass is 291 g/mol. The second-order valence-corrected chi connectivity index (χ2v) is 4.64. The lowest BCUT2D eigenvalue weighted by atomic mass is 10.2. The average Bonchev–Trinajstić information content (AvgIpc) is 2.85. The van der Waals surface area contributed by atoms with Gasteiger partial charge in [-0.05, 0) is 34.4 Å².